The molecule has 0 aromatic heterocycles. The Bertz CT molecular complexity index is 911. The van der Waals surface area contributed by atoms with Gasteiger partial charge in [-0.3, -0.25) is 14.4 Å². The molecule has 2 aromatic carbocycles. The molecule has 0 bridgehead atoms. The van der Waals surface area contributed by atoms with Crippen LogP contribution < -0.4 is 15.1 Å². The van der Waals surface area contributed by atoms with Crippen molar-refractivity contribution in [3.63, 3.8) is 0 Å². The molecule has 1 unspecified atom stereocenters. The molecule has 0 saturated carbocycles. The van der Waals surface area contributed by atoms with Crippen LogP contribution in [0.25, 0.3) is 0 Å². The molecule has 3 amide bonds. The van der Waals surface area contributed by atoms with Crippen molar-refractivity contribution < 1.29 is 14.4 Å². The second-order valence-electron chi connectivity index (χ2n) is 7.00. The maximum Gasteiger partial charge on any atom is 0.251 e. The molecule has 0 spiro atoms. The van der Waals surface area contributed by atoms with Gasteiger partial charge in [-0.25, -0.2) is 4.90 Å². The second-order valence-corrected chi connectivity index (χ2v) is 7.43. The maximum absolute atomic E-state index is 12.7. The van der Waals surface area contributed by atoms with Gasteiger partial charge in [-0.2, -0.15) is 0 Å². The Morgan fingerprint density at radius 2 is 1.61 bits per heavy atom. The first-order valence-corrected chi connectivity index (χ1v) is 9.66. The van der Waals surface area contributed by atoms with E-state index in [1.165, 1.54) is 4.90 Å². The highest BCUT2D eigenvalue weighted by atomic mass is 35.5. The third-order valence-electron chi connectivity index (χ3n) is 5.11. The number of hydrogen-bond acceptors (Lipinski definition) is 4. The third kappa shape index (κ3) is 3.66. The molecular formula is C21H20ClN3O3. The average molecular weight is 398 g/mol. The number of amides is 3. The van der Waals surface area contributed by atoms with Gasteiger partial charge in [0.15, 0.2) is 0 Å². The molecule has 1 atom stereocenters. The molecule has 144 valence electrons. The van der Waals surface area contributed by atoms with E-state index < -0.39 is 6.04 Å². The van der Waals surface area contributed by atoms with Gasteiger partial charge in [-0.05, 0) is 48.4 Å². The van der Waals surface area contributed by atoms with Gasteiger partial charge in [0.25, 0.3) is 5.91 Å². The number of rotatable bonds is 5. The largest absolute Gasteiger partial charge is 0.312 e. The van der Waals surface area contributed by atoms with Crippen LogP contribution in [-0.2, 0) is 20.9 Å². The number of nitrogens with zero attached hydrogens (tertiary/aromatic N) is 2. The molecule has 6 nitrogen and oxygen atoms in total. The van der Waals surface area contributed by atoms with Crippen molar-refractivity contribution in [3.8, 4) is 0 Å². The van der Waals surface area contributed by atoms with Crippen LogP contribution in [0.5, 0.6) is 0 Å². The van der Waals surface area contributed by atoms with E-state index in [1.807, 2.05) is 24.3 Å². The van der Waals surface area contributed by atoms with Gasteiger partial charge in [-0.15, -0.1) is 0 Å². The first-order valence-electron chi connectivity index (χ1n) is 9.28. The van der Waals surface area contributed by atoms with Crippen LogP contribution in [0.2, 0.25) is 5.02 Å². The molecule has 0 radical (unpaired) electrons. The van der Waals surface area contributed by atoms with E-state index in [0.29, 0.717) is 23.7 Å². The average Bonchev–Trinajstić information content (AvgIpc) is 3.24. The van der Waals surface area contributed by atoms with Crippen LogP contribution in [-0.4, -0.2) is 30.3 Å². The summed E-state index contributed by atoms with van der Waals surface area (Å²) < 4.78 is 0. The fraction of sp³-hybridized carbons (Fsp3) is 0.286. The summed E-state index contributed by atoms with van der Waals surface area (Å²) in [7, 11) is 0. The Morgan fingerprint density at radius 1 is 0.929 bits per heavy atom. The molecule has 2 heterocycles. The summed E-state index contributed by atoms with van der Waals surface area (Å²) in [5.41, 5.74) is 2.41. The van der Waals surface area contributed by atoms with Crippen LogP contribution in [0.3, 0.4) is 0 Å². The minimum atomic E-state index is -0.553. The molecule has 0 aliphatic carbocycles. The minimum Gasteiger partial charge on any atom is -0.312 e. The first-order chi connectivity index (χ1) is 13.5. The number of nitrogens with one attached hydrogen (secondary N) is 1. The monoisotopic (exact) mass is 397 g/mol. The van der Waals surface area contributed by atoms with Gasteiger partial charge in [0, 0.05) is 30.2 Å². The lowest BCUT2D eigenvalue weighted by atomic mass is 10.1. The van der Waals surface area contributed by atoms with Gasteiger partial charge >= 0.3 is 0 Å². The van der Waals surface area contributed by atoms with Gasteiger partial charge in [-0.1, -0.05) is 23.7 Å². The number of carbonyl (C=O) groups is 3. The van der Waals surface area contributed by atoms with Crippen molar-refractivity contribution in [1.82, 2.24) is 5.32 Å². The zero-order valence-corrected chi connectivity index (χ0v) is 16.0. The predicted octanol–water partition coefficient (Wildman–Crippen LogP) is 2.89. The van der Waals surface area contributed by atoms with Gasteiger partial charge < -0.3 is 10.2 Å². The van der Waals surface area contributed by atoms with Gasteiger partial charge in [0.05, 0.1) is 18.2 Å². The number of imide groups is 1. The summed E-state index contributed by atoms with van der Waals surface area (Å²) in [4.78, 5) is 39.8. The van der Waals surface area contributed by atoms with Crippen LogP contribution >= 0.6 is 11.6 Å². The highest BCUT2D eigenvalue weighted by Gasteiger charge is 2.39. The van der Waals surface area contributed by atoms with E-state index >= 15 is 0 Å². The summed E-state index contributed by atoms with van der Waals surface area (Å²) in [6.45, 7) is 1.22. The number of anilines is 2. The Hall–Kier alpha value is -2.70. The highest BCUT2D eigenvalue weighted by Crippen LogP contribution is 2.25. The molecule has 4 rings (SSSR count). The van der Waals surface area contributed by atoms with Crippen LogP contribution in [0.1, 0.15) is 24.8 Å². The first kappa shape index (κ1) is 18.7. The highest BCUT2D eigenvalue weighted by molar-refractivity contribution is 6.30. The molecule has 2 aromatic rings. The standard InChI is InChI=1S/C21H20ClN3O3/c22-15-5-9-17(10-6-15)25-20(27)12-18(21(25)28)23-13-14-3-7-16(8-4-14)24-11-1-2-19(24)26/h3-10,18,23H,1-2,11-13H2. The zero-order valence-electron chi connectivity index (χ0n) is 15.2. The lowest BCUT2D eigenvalue weighted by molar-refractivity contribution is -0.122. The van der Waals surface area contributed by atoms with Crippen LogP contribution in [0.4, 0.5) is 11.4 Å². The summed E-state index contributed by atoms with van der Waals surface area (Å²) >= 11 is 5.88. The zero-order chi connectivity index (χ0) is 19.7. The summed E-state index contributed by atoms with van der Waals surface area (Å²) in [6, 6.07) is 13.8. The second kappa shape index (κ2) is 7.73. The van der Waals surface area contributed by atoms with E-state index in [-0.39, 0.29) is 24.1 Å². The number of carbonyl (C=O) groups excluding carboxylic acids is 3. The van der Waals surface area contributed by atoms with Crippen molar-refractivity contribution in [3.05, 3.63) is 59.1 Å². The quantitative estimate of drug-likeness (QED) is 0.787. The molecule has 1 N–H and O–H groups in total. The SMILES string of the molecule is O=C1CCCN1c1ccc(CNC2CC(=O)N(c3ccc(Cl)cc3)C2=O)cc1. The Labute approximate surface area is 168 Å². The molecular weight excluding hydrogens is 378 g/mol. The van der Waals surface area contributed by atoms with Crippen LogP contribution in [0, 0.1) is 0 Å². The number of halogens is 1. The predicted molar refractivity (Wildman–Crippen MR) is 107 cm³/mol. The summed E-state index contributed by atoms with van der Waals surface area (Å²) in [5.74, 6) is -0.331. The lowest BCUT2D eigenvalue weighted by Gasteiger charge is -2.17. The molecule has 2 aliphatic rings. The normalized spacial score (nSPS) is 19.8. The maximum atomic E-state index is 12.7. The molecule has 7 heteroatoms. The van der Waals surface area contributed by atoms with Crippen molar-refractivity contribution in [2.24, 2.45) is 0 Å². The molecule has 2 fully saturated rings. The van der Waals surface area contributed by atoms with E-state index in [4.69, 9.17) is 11.6 Å². The number of benzene rings is 2. The smallest absolute Gasteiger partial charge is 0.251 e. The fourth-order valence-electron chi connectivity index (χ4n) is 3.61. The molecule has 2 aliphatic heterocycles. The van der Waals surface area contributed by atoms with Gasteiger partial charge in [0.2, 0.25) is 11.8 Å². The Kier molecular flexibility index (Phi) is 5.15. The Morgan fingerprint density at radius 3 is 2.25 bits per heavy atom. The van der Waals surface area contributed by atoms with E-state index in [1.54, 1.807) is 29.2 Å². The summed E-state index contributed by atoms with van der Waals surface area (Å²) in [6.07, 6.45) is 1.62. The van der Waals surface area contributed by atoms with Crippen molar-refractivity contribution in [2.45, 2.75) is 31.8 Å². The van der Waals surface area contributed by atoms with Gasteiger partial charge in [0.1, 0.15) is 0 Å². The van der Waals surface area contributed by atoms with E-state index in [0.717, 1.165) is 24.2 Å². The van der Waals surface area contributed by atoms with Crippen molar-refractivity contribution in [2.75, 3.05) is 16.3 Å². The minimum absolute atomic E-state index is 0.127. The lowest BCUT2D eigenvalue weighted by Crippen LogP contribution is -2.38. The molecule has 28 heavy (non-hydrogen) atoms. The van der Waals surface area contributed by atoms with Crippen molar-refractivity contribution >= 4 is 40.7 Å². The topological polar surface area (TPSA) is 69.7 Å². The Balaban J connectivity index is 1.38. The summed E-state index contributed by atoms with van der Waals surface area (Å²) in [5, 5.41) is 3.72. The fourth-order valence-corrected chi connectivity index (χ4v) is 3.73. The number of hydrogen-bond donors (Lipinski definition) is 1. The van der Waals surface area contributed by atoms with Crippen LogP contribution in [0.15, 0.2) is 48.5 Å². The van der Waals surface area contributed by atoms with E-state index in [9.17, 15) is 14.4 Å². The van der Waals surface area contributed by atoms with Crippen molar-refractivity contribution in [1.29, 1.82) is 0 Å². The molecule has 2 saturated heterocycles. The van der Waals surface area contributed by atoms with E-state index in [2.05, 4.69) is 5.32 Å². The third-order valence-corrected chi connectivity index (χ3v) is 5.36.